The molecule has 2 aliphatic carbocycles. The van der Waals surface area contributed by atoms with Gasteiger partial charge in [-0.2, -0.15) is 5.26 Å². The molecule has 0 spiro atoms. The minimum Gasteiger partial charge on any atom is -0.390 e. The summed E-state index contributed by atoms with van der Waals surface area (Å²) in [5.41, 5.74) is -0.808. The first-order chi connectivity index (χ1) is 15.0. The number of amides is 1. The van der Waals surface area contributed by atoms with Crippen LogP contribution in [0.3, 0.4) is 0 Å². The number of carbonyl (C=O) groups excluding carboxylic acids is 1. The molecule has 0 saturated heterocycles. The number of nitriles is 1. The minimum absolute atomic E-state index is 0.0237. The van der Waals surface area contributed by atoms with Gasteiger partial charge >= 0.3 is 0 Å². The van der Waals surface area contributed by atoms with Crippen LogP contribution >= 0.6 is 11.6 Å². The van der Waals surface area contributed by atoms with Crippen molar-refractivity contribution in [1.29, 1.82) is 5.26 Å². The monoisotopic (exact) mass is 476 g/mol. The standard InChI is InChI=1S/C23H22ClFN2O4S/c1-23(29)15-4-5-16(23)10-18(9-15)32(30,31)21-8-13(3-7-19(21)24)22(28)27-17-6-2-14(12-26)20(25)11-17/h2-3,6-8,11,15-16,18,29H,4-5,9-10H2,1H3,(H,27,28)/t15-,16?,18?,23?/m0/s1. The van der Waals surface area contributed by atoms with Gasteiger partial charge in [0.05, 0.1) is 26.3 Å². The Balaban J connectivity index is 1.59. The van der Waals surface area contributed by atoms with Gasteiger partial charge in [-0.05, 0) is 80.8 Å². The lowest BCUT2D eigenvalue weighted by atomic mass is 9.76. The van der Waals surface area contributed by atoms with E-state index >= 15 is 0 Å². The Morgan fingerprint density at radius 3 is 2.47 bits per heavy atom. The zero-order valence-corrected chi connectivity index (χ0v) is 18.9. The van der Waals surface area contributed by atoms with E-state index in [0.29, 0.717) is 12.8 Å². The van der Waals surface area contributed by atoms with Gasteiger partial charge in [-0.1, -0.05) is 11.6 Å². The summed E-state index contributed by atoms with van der Waals surface area (Å²) in [6.07, 6.45) is 2.29. The van der Waals surface area contributed by atoms with Crippen LogP contribution in [0.2, 0.25) is 5.02 Å². The second kappa shape index (κ2) is 8.14. The molecule has 1 amide bonds. The molecule has 2 N–H and O–H groups in total. The van der Waals surface area contributed by atoms with Gasteiger partial charge in [-0.25, -0.2) is 12.8 Å². The van der Waals surface area contributed by atoms with Crippen molar-refractivity contribution in [2.24, 2.45) is 11.8 Å². The van der Waals surface area contributed by atoms with E-state index in [4.69, 9.17) is 16.9 Å². The first-order valence-corrected chi connectivity index (χ1v) is 12.2. The molecule has 0 aliphatic heterocycles. The molecule has 0 heterocycles. The largest absolute Gasteiger partial charge is 0.390 e. The van der Waals surface area contributed by atoms with Gasteiger partial charge in [-0.15, -0.1) is 0 Å². The lowest BCUT2D eigenvalue weighted by Gasteiger charge is -2.40. The Morgan fingerprint density at radius 2 is 1.88 bits per heavy atom. The summed E-state index contributed by atoms with van der Waals surface area (Å²) in [7, 11) is -3.83. The second-order valence-electron chi connectivity index (χ2n) is 8.74. The SMILES string of the molecule is CC1(O)C2CC[C@H]1CC(S(=O)(=O)c1cc(C(=O)Nc3ccc(C#N)c(F)c3)ccc1Cl)C2. The third kappa shape index (κ3) is 3.90. The van der Waals surface area contributed by atoms with Crippen LogP contribution in [0.4, 0.5) is 10.1 Å². The lowest BCUT2D eigenvalue weighted by Crippen LogP contribution is -2.45. The normalized spacial score (nSPS) is 27.0. The number of sulfone groups is 1. The minimum atomic E-state index is -3.83. The van der Waals surface area contributed by atoms with E-state index < -0.39 is 32.4 Å². The van der Waals surface area contributed by atoms with E-state index in [1.54, 1.807) is 13.0 Å². The Kier molecular flexibility index (Phi) is 5.78. The molecule has 168 valence electrons. The number of hydrogen-bond acceptors (Lipinski definition) is 5. The van der Waals surface area contributed by atoms with Crippen LogP contribution in [0.5, 0.6) is 0 Å². The molecule has 32 heavy (non-hydrogen) atoms. The molecule has 2 bridgehead atoms. The molecule has 4 atom stereocenters. The number of halogens is 2. The quantitative estimate of drug-likeness (QED) is 0.683. The van der Waals surface area contributed by atoms with Gasteiger partial charge < -0.3 is 10.4 Å². The number of nitrogens with zero attached hydrogens (tertiary/aromatic N) is 1. The zero-order valence-electron chi connectivity index (χ0n) is 17.3. The number of fused-ring (bicyclic) bond motifs is 2. The van der Waals surface area contributed by atoms with E-state index in [1.807, 2.05) is 0 Å². The summed E-state index contributed by atoms with van der Waals surface area (Å²) < 4.78 is 40.6. The fraction of sp³-hybridized carbons (Fsp3) is 0.391. The number of nitrogens with one attached hydrogen (secondary N) is 1. The molecular formula is C23H22ClFN2O4S. The lowest BCUT2D eigenvalue weighted by molar-refractivity contribution is -0.0413. The predicted molar refractivity (Wildman–Crippen MR) is 118 cm³/mol. The van der Waals surface area contributed by atoms with E-state index in [2.05, 4.69) is 5.32 Å². The van der Waals surface area contributed by atoms with Crippen LogP contribution in [0.1, 0.15) is 48.5 Å². The summed E-state index contributed by atoms with van der Waals surface area (Å²) in [5, 5.41) is 21.3. The highest BCUT2D eigenvalue weighted by atomic mass is 35.5. The van der Waals surface area contributed by atoms with Gasteiger partial charge in [0.2, 0.25) is 0 Å². The Labute approximate surface area is 190 Å². The molecule has 6 nitrogen and oxygen atoms in total. The van der Waals surface area contributed by atoms with E-state index in [-0.39, 0.29) is 38.6 Å². The average molecular weight is 477 g/mol. The summed E-state index contributed by atoms with van der Waals surface area (Å²) >= 11 is 6.22. The third-order valence-corrected chi connectivity index (χ3v) is 9.55. The maximum absolute atomic E-state index is 13.8. The van der Waals surface area contributed by atoms with Crippen molar-refractivity contribution >= 4 is 33.0 Å². The van der Waals surface area contributed by atoms with Crippen molar-refractivity contribution in [3.63, 3.8) is 0 Å². The number of carbonyl (C=O) groups is 1. The number of benzene rings is 2. The number of rotatable bonds is 4. The molecule has 2 saturated carbocycles. The van der Waals surface area contributed by atoms with Crippen LogP contribution in [-0.4, -0.2) is 30.3 Å². The summed E-state index contributed by atoms with van der Waals surface area (Å²) in [6, 6.07) is 9.34. The molecule has 2 aromatic rings. The molecule has 3 unspecified atom stereocenters. The van der Waals surface area contributed by atoms with Crippen molar-refractivity contribution in [2.75, 3.05) is 5.32 Å². The van der Waals surface area contributed by atoms with Crippen LogP contribution < -0.4 is 5.32 Å². The fourth-order valence-corrected chi connectivity index (χ4v) is 7.35. The fourth-order valence-electron chi connectivity index (χ4n) is 4.95. The van der Waals surface area contributed by atoms with Crippen LogP contribution in [0, 0.1) is 29.0 Å². The smallest absolute Gasteiger partial charge is 0.255 e. The molecular weight excluding hydrogens is 455 g/mol. The van der Waals surface area contributed by atoms with Crippen molar-refractivity contribution in [1.82, 2.24) is 0 Å². The maximum atomic E-state index is 13.8. The molecule has 4 rings (SSSR count). The Hall–Kier alpha value is -2.47. The number of hydrogen-bond donors (Lipinski definition) is 2. The first kappa shape index (κ1) is 22.7. The van der Waals surface area contributed by atoms with Gasteiger partial charge in [0.15, 0.2) is 9.84 Å². The second-order valence-corrected chi connectivity index (χ2v) is 11.3. The van der Waals surface area contributed by atoms with Crippen LogP contribution in [0.25, 0.3) is 0 Å². The Bertz CT molecular complexity index is 1220. The van der Waals surface area contributed by atoms with E-state index in [9.17, 15) is 22.7 Å². The molecule has 9 heteroatoms. The van der Waals surface area contributed by atoms with Gasteiger partial charge in [0.1, 0.15) is 11.9 Å². The zero-order chi connectivity index (χ0) is 23.3. The van der Waals surface area contributed by atoms with E-state index in [1.165, 1.54) is 30.3 Å². The van der Waals surface area contributed by atoms with Crippen molar-refractivity contribution in [2.45, 2.75) is 48.4 Å². The van der Waals surface area contributed by atoms with Gasteiger partial charge in [-0.3, -0.25) is 4.79 Å². The van der Waals surface area contributed by atoms with Crippen LogP contribution in [0.15, 0.2) is 41.3 Å². The maximum Gasteiger partial charge on any atom is 0.255 e. The summed E-state index contributed by atoms with van der Waals surface area (Å²) in [4.78, 5) is 12.6. The summed E-state index contributed by atoms with van der Waals surface area (Å²) in [5.74, 6) is -1.57. The highest BCUT2D eigenvalue weighted by molar-refractivity contribution is 7.92. The van der Waals surface area contributed by atoms with Crippen molar-refractivity contribution in [3.8, 4) is 6.07 Å². The topological polar surface area (TPSA) is 107 Å². The number of anilines is 1. The highest BCUT2D eigenvalue weighted by Crippen LogP contribution is 2.51. The molecule has 2 aromatic carbocycles. The van der Waals surface area contributed by atoms with Gasteiger partial charge in [0.25, 0.3) is 5.91 Å². The highest BCUT2D eigenvalue weighted by Gasteiger charge is 2.53. The molecule has 0 aromatic heterocycles. The molecule has 2 aliphatic rings. The third-order valence-electron chi connectivity index (χ3n) is 6.90. The van der Waals surface area contributed by atoms with Crippen molar-refractivity contribution < 1.29 is 22.7 Å². The van der Waals surface area contributed by atoms with E-state index in [0.717, 1.165) is 18.9 Å². The van der Waals surface area contributed by atoms with Crippen LogP contribution in [-0.2, 0) is 9.84 Å². The Morgan fingerprint density at radius 1 is 1.22 bits per heavy atom. The first-order valence-electron chi connectivity index (χ1n) is 10.3. The number of aliphatic hydroxyl groups is 1. The molecule has 0 radical (unpaired) electrons. The summed E-state index contributed by atoms with van der Waals surface area (Å²) in [6.45, 7) is 1.78. The van der Waals surface area contributed by atoms with Crippen molar-refractivity contribution in [3.05, 3.63) is 58.4 Å². The molecule has 2 fully saturated rings. The van der Waals surface area contributed by atoms with Gasteiger partial charge in [0, 0.05) is 11.3 Å². The average Bonchev–Trinajstić information content (AvgIpc) is 2.91. The predicted octanol–water partition coefficient (Wildman–Crippen LogP) is 4.32.